The molecule has 5 heteroatoms. The summed E-state index contributed by atoms with van der Waals surface area (Å²) in [4.78, 5) is 14.6. The second-order valence-corrected chi connectivity index (χ2v) is 4.28. The van der Waals surface area contributed by atoms with Crippen molar-refractivity contribution in [3.8, 4) is 0 Å². The lowest BCUT2D eigenvalue weighted by Gasteiger charge is -2.04. The Morgan fingerprint density at radius 2 is 2.11 bits per heavy atom. The third kappa shape index (κ3) is 3.01. The topological polar surface area (TPSA) is 93.6 Å². The fourth-order valence-electron chi connectivity index (χ4n) is 1.82. The zero-order valence-electron chi connectivity index (χ0n) is 10.2. The number of aliphatic hydroxyl groups excluding tert-OH is 3. The molecule has 1 aromatic heterocycles. The number of aromatic nitrogens is 1. The number of aliphatic hydroxyl groups is 3. The van der Waals surface area contributed by atoms with Crippen LogP contribution in [0.25, 0.3) is 17.0 Å². The lowest BCUT2D eigenvalue weighted by Crippen LogP contribution is -2.18. The molecule has 1 aromatic carbocycles. The van der Waals surface area contributed by atoms with Crippen LogP contribution in [0.5, 0.6) is 0 Å². The van der Waals surface area contributed by atoms with Gasteiger partial charge in [0.2, 0.25) is 0 Å². The number of rotatable bonds is 5. The SMILES string of the molecule is O=C(CC(O)CO)C(O)=Cc1c[nH]c2ccccc12. The largest absolute Gasteiger partial charge is 0.504 e. The summed E-state index contributed by atoms with van der Waals surface area (Å²) in [5, 5.41) is 28.4. The molecule has 0 bridgehead atoms. The molecule has 0 aliphatic carbocycles. The number of carbonyl (C=O) groups is 1. The Labute approximate surface area is 109 Å². The van der Waals surface area contributed by atoms with Gasteiger partial charge in [-0.3, -0.25) is 4.79 Å². The molecule has 4 N–H and O–H groups in total. The average Bonchev–Trinajstić information content (AvgIpc) is 2.82. The number of carbonyl (C=O) groups excluding carboxylic acids is 1. The van der Waals surface area contributed by atoms with E-state index in [1.54, 1.807) is 6.20 Å². The van der Waals surface area contributed by atoms with Crippen LogP contribution in [-0.4, -0.2) is 38.8 Å². The molecule has 0 aliphatic rings. The predicted molar refractivity (Wildman–Crippen MR) is 71.6 cm³/mol. The Bertz CT molecular complexity index is 615. The lowest BCUT2D eigenvalue weighted by atomic mass is 10.1. The normalized spacial score (nSPS) is 13.7. The van der Waals surface area contributed by atoms with Gasteiger partial charge in [0.05, 0.1) is 12.7 Å². The molecule has 0 radical (unpaired) electrons. The Morgan fingerprint density at radius 1 is 1.37 bits per heavy atom. The van der Waals surface area contributed by atoms with Crippen molar-refractivity contribution in [1.82, 2.24) is 4.98 Å². The zero-order valence-corrected chi connectivity index (χ0v) is 10.2. The van der Waals surface area contributed by atoms with Gasteiger partial charge in [0.25, 0.3) is 0 Å². The molecule has 2 rings (SSSR count). The molecule has 1 heterocycles. The van der Waals surface area contributed by atoms with Crippen molar-refractivity contribution < 1.29 is 20.1 Å². The van der Waals surface area contributed by atoms with Crippen LogP contribution in [0.2, 0.25) is 0 Å². The molecule has 0 saturated heterocycles. The van der Waals surface area contributed by atoms with Crippen LogP contribution < -0.4 is 0 Å². The highest BCUT2D eigenvalue weighted by Gasteiger charge is 2.14. The van der Waals surface area contributed by atoms with Crippen LogP contribution in [0, 0.1) is 0 Å². The van der Waals surface area contributed by atoms with E-state index in [0.717, 1.165) is 10.9 Å². The number of hydrogen-bond donors (Lipinski definition) is 4. The summed E-state index contributed by atoms with van der Waals surface area (Å²) in [7, 11) is 0. The molecule has 2 aromatic rings. The van der Waals surface area contributed by atoms with Gasteiger partial charge in [-0.15, -0.1) is 0 Å². The fourth-order valence-corrected chi connectivity index (χ4v) is 1.82. The monoisotopic (exact) mass is 261 g/mol. The summed E-state index contributed by atoms with van der Waals surface area (Å²) >= 11 is 0. The maximum Gasteiger partial charge on any atom is 0.199 e. The molecule has 0 amide bonds. The van der Waals surface area contributed by atoms with Crippen molar-refractivity contribution in [3.63, 3.8) is 0 Å². The van der Waals surface area contributed by atoms with Gasteiger partial charge in [-0.25, -0.2) is 0 Å². The van der Waals surface area contributed by atoms with Crippen molar-refractivity contribution >= 4 is 22.8 Å². The molecule has 1 unspecified atom stereocenters. The van der Waals surface area contributed by atoms with Crippen molar-refractivity contribution in [3.05, 3.63) is 41.8 Å². The van der Waals surface area contributed by atoms with E-state index in [4.69, 9.17) is 10.2 Å². The number of nitrogens with one attached hydrogen (secondary N) is 1. The highest BCUT2D eigenvalue weighted by Crippen LogP contribution is 2.20. The molecule has 0 fully saturated rings. The van der Waals surface area contributed by atoms with Crippen LogP contribution in [0.4, 0.5) is 0 Å². The van der Waals surface area contributed by atoms with Gasteiger partial charge in [0.15, 0.2) is 11.5 Å². The summed E-state index contributed by atoms with van der Waals surface area (Å²) in [6.07, 6.45) is 1.59. The number of benzene rings is 1. The van der Waals surface area contributed by atoms with E-state index in [2.05, 4.69) is 4.98 Å². The number of H-pyrrole nitrogens is 1. The van der Waals surface area contributed by atoms with E-state index < -0.39 is 24.3 Å². The zero-order chi connectivity index (χ0) is 13.8. The number of Topliss-reactive ketones (excluding diaryl/α,β-unsaturated/α-hetero) is 1. The first kappa shape index (κ1) is 13.3. The second-order valence-electron chi connectivity index (χ2n) is 4.28. The molecule has 0 saturated carbocycles. The Balaban J connectivity index is 2.23. The lowest BCUT2D eigenvalue weighted by molar-refractivity contribution is -0.120. The van der Waals surface area contributed by atoms with Gasteiger partial charge in [-0.05, 0) is 12.1 Å². The Hall–Kier alpha value is -2.11. The summed E-state index contributed by atoms with van der Waals surface area (Å²) in [5.41, 5.74) is 1.60. The van der Waals surface area contributed by atoms with Crippen molar-refractivity contribution in [1.29, 1.82) is 0 Å². The van der Waals surface area contributed by atoms with Crippen molar-refractivity contribution in [2.75, 3.05) is 6.61 Å². The Kier molecular flexibility index (Phi) is 3.99. The first-order valence-electron chi connectivity index (χ1n) is 5.90. The van der Waals surface area contributed by atoms with Crippen LogP contribution >= 0.6 is 0 Å². The van der Waals surface area contributed by atoms with Gasteiger partial charge in [-0.1, -0.05) is 18.2 Å². The highest BCUT2D eigenvalue weighted by molar-refractivity contribution is 6.00. The first-order chi connectivity index (χ1) is 9.11. The third-order valence-corrected chi connectivity index (χ3v) is 2.83. The molecule has 100 valence electrons. The average molecular weight is 261 g/mol. The molecule has 5 nitrogen and oxygen atoms in total. The van der Waals surface area contributed by atoms with Crippen LogP contribution in [-0.2, 0) is 4.79 Å². The molecule has 0 spiro atoms. The van der Waals surface area contributed by atoms with Gasteiger partial charge in [0.1, 0.15) is 0 Å². The minimum Gasteiger partial charge on any atom is -0.504 e. The number of allylic oxidation sites excluding steroid dienone is 1. The molecule has 1 atom stereocenters. The smallest absolute Gasteiger partial charge is 0.199 e. The summed E-state index contributed by atoms with van der Waals surface area (Å²) in [6, 6.07) is 7.51. The minimum atomic E-state index is -1.15. The van der Waals surface area contributed by atoms with Crippen LogP contribution in [0.1, 0.15) is 12.0 Å². The first-order valence-corrected chi connectivity index (χ1v) is 5.90. The van der Waals surface area contributed by atoms with Gasteiger partial charge in [-0.2, -0.15) is 0 Å². The van der Waals surface area contributed by atoms with E-state index in [-0.39, 0.29) is 6.42 Å². The Morgan fingerprint density at radius 3 is 2.84 bits per heavy atom. The molecule has 0 aliphatic heterocycles. The number of ketones is 1. The van der Waals surface area contributed by atoms with Crippen LogP contribution in [0.3, 0.4) is 0 Å². The van der Waals surface area contributed by atoms with Crippen molar-refractivity contribution in [2.45, 2.75) is 12.5 Å². The number of para-hydroxylation sites is 1. The van der Waals surface area contributed by atoms with E-state index in [1.165, 1.54) is 6.08 Å². The number of fused-ring (bicyclic) bond motifs is 1. The van der Waals surface area contributed by atoms with E-state index in [1.807, 2.05) is 24.3 Å². The fraction of sp³-hybridized carbons (Fsp3) is 0.214. The maximum absolute atomic E-state index is 11.6. The van der Waals surface area contributed by atoms with E-state index >= 15 is 0 Å². The van der Waals surface area contributed by atoms with Gasteiger partial charge >= 0.3 is 0 Å². The second kappa shape index (κ2) is 5.69. The summed E-state index contributed by atoms with van der Waals surface area (Å²) in [5.74, 6) is -1.04. The summed E-state index contributed by atoms with van der Waals surface area (Å²) in [6.45, 7) is -0.508. The highest BCUT2D eigenvalue weighted by atomic mass is 16.3. The van der Waals surface area contributed by atoms with Crippen molar-refractivity contribution in [2.24, 2.45) is 0 Å². The molecule has 19 heavy (non-hydrogen) atoms. The predicted octanol–water partition coefficient (Wildman–Crippen LogP) is 1.38. The van der Waals surface area contributed by atoms with Crippen LogP contribution in [0.15, 0.2) is 36.2 Å². The van der Waals surface area contributed by atoms with E-state index in [9.17, 15) is 9.90 Å². The minimum absolute atomic E-state index is 0.304. The van der Waals surface area contributed by atoms with Gasteiger partial charge in [0, 0.05) is 29.1 Å². The molecular formula is C14H15NO4. The molecular weight excluding hydrogens is 246 g/mol. The number of hydrogen-bond acceptors (Lipinski definition) is 4. The van der Waals surface area contributed by atoms with Gasteiger partial charge < -0.3 is 20.3 Å². The summed E-state index contributed by atoms with van der Waals surface area (Å²) < 4.78 is 0. The van der Waals surface area contributed by atoms with E-state index in [0.29, 0.717) is 5.56 Å². The third-order valence-electron chi connectivity index (χ3n) is 2.83. The quantitative estimate of drug-likeness (QED) is 0.483. The maximum atomic E-state index is 11.6. The standard InChI is InChI=1S/C14H15NO4/c16-8-10(17)6-14(19)13(18)5-9-7-15-12-4-2-1-3-11(9)12/h1-5,7,10,15-18H,6,8H2. The number of aromatic amines is 1.